The summed E-state index contributed by atoms with van der Waals surface area (Å²) in [6.07, 6.45) is -1.46. The minimum absolute atomic E-state index is 0.0799. The maximum absolute atomic E-state index is 13.4. The van der Waals surface area contributed by atoms with Gasteiger partial charge in [-0.05, 0) is 55.8 Å². The van der Waals surface area contributed by atoms with Gasteiger partial charge in [0.1, 0.15) is 5.69 Å². The molecule has 36 heavy (non-hydrogen) atoms. The SMILES string of the molecule is Cc1cc(-c2ncc3cc(C(F)(F)F)ccc3n2)ccc1N1CCn2ncc(N[C@@H](C)CO)c2C1=O. The Bertz CT molecular complexity index is 1470. The van der Waals surface area contributed by atoms with Gasteiger partial charge in [-0.25, -0.2) is 9.97 Å². The van der Waals surface area contributed by atoms with Crippen LogP contribution in [0.3, 0.4) is 0 Å². The molecule has 0 fully saturated rings. The van der Waals surface area contributed by atoms with Crippen molar-refractivity contribution in [2.75, 3.05) is 23.4 Å². The van der Waals surface area contributed by atoms with Crippen LogP contribution in [0.15, 0.2) is 48.8 Å². The van der Waals surface area contributed by atoms with Gasteiger partial charge < -0.3 is 15.3 Å². The lowest BCUT2D eigenvalue weighted by atomic mass is 10.1. The molecule has 3 heterocycles. The van der Waals surface area contributed by atoms with Crippen molar-refractivity contribution in [1.82, 2.24) is 19.7 Å². The molecule has 5 rings (SSSR count). The van der Waals surface area contributed by atoms with Crippen molar-refractivity contribution < 1.29 is 23.1 Å². The zero-order valence-corrected chi connectivity index (χ0v) is 19.5. The number of fused-ring (bicyclic) bond motifs is 2. The normalized spacial score (nSPS) is 14.7. The molecule has 0 bridgehead atoms. The second-order valence-electron chi connectivity index (χ2n) is 8.78. The molecule has 0 saturated heterocycles. The Morgan fingerprint density at radius 3 is 2.67 bits per heavy atom. The summed E-state index contributed by atoms with van der Waals surface area (Å²) < 4.78 is 40.6. The molecule has 0 unspecified atom stereocenters. The molecule has 2 N–H and O–H groups in total. The highest BCUT2D eigenvalue weighted by atomic mass is 19.4. The Balaban J connectivity index is 1.43. The highest BCUT2D eigenvalue weighted by molar-refractivity contribution is 6.09. The van der Waals surface area contributed by atoms with Gasteiger partial charge in [0.25, 0.3) is 5.91 Å². The van der Waals surface area contributed by atoms with Crippen molar-refractivity contribution in [2.24, 2.45) is 0 Å². The summed E-state index contributed by atoms with van der Waals surface area (Å²) in [6, 6.07) is 8.61. The van der Waals surface area contributed by atoms with Crippen LogP contribution in [-0.2, 0) is 12.7 Å². The van der Waals surface area contributed by atoms with E-state index in [-0.39, 0.29) is 18.6 Å². The van der Waals surface area contributed by atoms with Crippen LogP contribution in [0, 0.1) is 6.92 Å². The average molecular weight is 496 g/mol. The average Bonchev–Trinajstić information content (AvgIpc) is 3.26. The van der Waals surface area contributed by atoms with E-state index in [0.29, 0.717) is 46.8 Å². The summed E-state index contributed by atoms with van der Waals surface area (Å²) in [5.41, 5.74) is 2.90. The molecule has 1 atom stereocenters. The minimum atomic E-state index is -4.43. The highest BCUT2D eigenvalue weighted by Gasteiger charge is 2.32. The Morgan fingerprint density at radius 1 is 1.14 bits per heavy atom. The summed E-state index contributed by atoms with van der Waals surface area (Å²) in [5.74, 6) is 0.175. The number of rotatable bonds is 5. The molecule has 186 valence electrons. The van der Waals surface area contributed by atoms with Crippen LogP contribution in [0.4, 0.5) is 24.5 Å². The van der Waals surface area contributed by atoms with Gasteiger partial charge >= 0.3 is 6.18 Å². The molecule has 0 radical (unpaired) electrons. The van der Waals surface area contributed by atoms with Gasteiger partial charge in [-0.2, -0.15) is 18.3 Å². The molecule has 11 heteroatoms. The lowest BCUT2D eigenvalue weighted by Gasteiger charge is -2.29. The number of aryl methyl sites for hydroxylation is 1. The Morgan fingerprint density at radius 2 is 1.94 bits per heavy atom. The zero-order chi connectivity index (χ0) is 25.6. The van der Waals surface area contributed by atoms with Crippen LogP contribution in [0.1, 0.15) is 28.5 Å². The third-order valence-electron chi connectivity index (χ3n) is 6.15. The molecule has 0 aliphatic carbocycles. The first-order valence-electron chi connectivity index (χ1n) is 11.4. The number of carbonyl (C=O) groups excluding carboxylic acids is 1. The minimum Gasteiger partial charge on any atom is -0.394 e. The maximum atomic E-state index is 13.4. The third-order valence-corrected chi connectivity index (χ3v) is 6.15. The first-order valence-corrected chi connectivity index (χ1v) is 11.4. The number of nitrogens with one attached hydrogen (secondary N) is 1. The number of benzene rings is 2. The van der Waals surface area contributed by atoms with Crippen LogP contribution in [0.25, 0.3) is 22.3 Å². The number of aliphatic hydroxyl groups is 1. The Labute approximate surface area is 204 Å². The maximum Gasteiger partial charge on any atom is 0.416 e. The van der Waals surface area contributed by atoms with Gasteiger partial charge in [0.15, 0.2) is 5.82 Å². The van der Waals surface area contributed by atoms with Crippen molar-refractivity contribution in [2.45, 2.75) is 32.6 Å². The lowest BCUT2D eigenvalue weighted by molar-refractivity contribution is -0.137. The first kappa shape index (κ1) is 23.7. The standard InChI is InChI=1S/C25H23F3N6O2/c1-14-9-16(23-29-11-17-10-18(25(26,27)28)4-5-19(17)32-23)3-6-21(14)33-7-8-34-22(24(33)36)20(12-30-34)31-15(2)13-35/h3-6,9-12,15,31,35H,7-8,13H2,1-2H3/t15-/m0/s1. The number of anilines is 2. The monoisotopic (exact) mass is 496 g/mol. The molecular weight excluding hydrogens is 473 g/mol. The largest absolute Gasteiger partial charge is 0.416 e. The second-order valence-corrected chi connectivity index (χ2v) is 8.78. The number of carbonyl (C=O) groups is 1. The van der Waals surface area contributed by atoms with E-state index in [1.165, 1.54) is 12.3 Å². The number of nitrogens with zero attached hydrogens (tertiary/aromatic N) is 5. The fraction of sp³-hybridized carbons (Fsp3) is 0.280. The van der Waals surface area contributed by atoms with E-state index in [1.54, 1.807) is 21.8 Å². The second kappa shape index (κ2) is 8.90. The van der Waals surface area contributed by atoms with E-state index >= 15 is 0 Å². The van der Waals surface area contributed by atoms with Crippen molar-refractivity contribution >= 4 is 28.2 Å². The number of hydrogen-bond acceptors (Lipinski definition) is 6. The summed E-state index contributed by atoms with van der Waals surface area (Å²) in [4.78, 5) is 23.8. The molecule has 8 nitrogen and oxygen atoms in total. The van der Waals surface area contributed by atoms with Gasteiger partial charge in [0.05, 0.1) is 36.1 Å². The molecule has 2 aromatic heterocycles. The van der Waals surface area contributed by atoms with Crippen LogP contribution >= 0.6 is 0 Å². The van der Waals surface area contributed by atoms with E-state index in [4.69, 9.17) is 0 Å². The molecule has 2 aromatic carbocycles. The molecule has 1 aliphatic rings. The van der Waals surface area contributed by atoms with E-state index < -0.39 is 11.7 Å². The number of hydrogen-bond donors (Lipinski definition) is 2. The van der Waals surface area contributed by atoms with Crippen molar-refractivity contribution in [1.29, 1.82) is 0 Å². The highest BCUT2D eigenvalue weighted by Crippen LogP contribution is 2.33. The number of amides is 1. The topological polar surface area (TPSA) is 96.2 Å². The fourth-order valence-electron chi connectivity index (χ4n) is 4.30. The van der Waals surface area contributed by atoms with E-state index in [9.17, 15) is 23.1 Å². The number of aliphatic hydroxyl groups excluding tert-OH is 1. The predicted molar refractivity (Wildman–Crippen MR) is 129 cm³/mol. The molecule has 4 aromatic rings. The lowest BCUT2D eigenvalue weighted by Crippen LogP contribution is -2.41. The Hall–Kier alpha value is -3.99. The number of alkyl halides is 3. The van der Waals surface area contributed by atoms with E-state index in [0.717, 1.165) is 23.4 Å². The summed E-state index contributed by atoms with van der Waals surface area (Å²) in [5, 5.41) is 17.1. The molecule has 1 amide bonds. The van der Waals surface area contributed by atoms with Crippen molar-refractivity contribution in [3.05, 3.63) is 65.6 Å². The quantitative estimate of drug-likeness (QED) is 0.428. The fourth-order valence-corrected chi connectivity index (χ4v) is 4.30. The first-order chi connectivity index (χ1) is 17.2. The summed E-state index contributed by atoms with van der Waals surface area (Å²) in [6.45, 7) is 4.56. The predicted octanol–water partition coefficient (Wildman–Crippen LogP) is 4.27. The van der Waals surface area contributed by atoms with Gasteiger partial charge in [0, 0.05) is 35.4 Å². The number of aromatic nitrogens is 4. The van der Waals surface area contributed by atoms with Crippen molar-refractivity contribution in [3.8, 4) is 11.4 Å². The molecule has 0 saturated carbocycles. The Kier molecular flexibility index (Phi) is 5.87. The summed E-state index contributed by atoms with van der Waals surface area (Å²) >= 11 is 0. The van der Waals surface area contributed by atoms with Crippen LogP contribution in [0.5, 0.6) is 0 Å². The smallest absolute Gasteiger partial charge is 0.394 e. The van der Waals surface area contributed by atoms with Crippen LogP contribution in [0.2, 0.25) is 0 Å². The third kappa shape index (κ3) is 4.26. The van der Waals surface area contributed by atoms with Gasteiger partial charge in [-0.3, -0.25) is 9.48 Å². The van der Waals surface area contributed by atoms with Gasteiger partial charge in [0.2, 0.25) is 0 Å². The zero-order valence-electron chi connectivity index (χ0n) is 19.5. The van der Waals surface area contributed by atoms with Gasteiger partial charge in [-0.15, -0.1) is 0 Å². The molecular formula is C25H23F3N6O2. The van der Waals surface area contributed by atoms with Gasteiger partial charge in [-0.1, -0.05) is 0 Å². The van der Waals surface area contributed by atoms with Crippen molar-refractivity contribution in [3.63, 3.8) is 0 Å². The van der Waals surface area contributed by atoms with Crippen LogP contribution in [-0.4, -0.2) is 50.0 Å². The molecule has 1 aliphatic heterocycles. The molecule has 0 spiro atoms. The number of halogens is 3. The summed E-state index contributed by atoms with van der Waals surface area (Å²) in [7, 11) is 0. The van der Waals surface area contributed by atoms with Crippen LogP contribution < -0.4 is 10.2 Å². The van der Waals surface area contributed by atoms with E-state index in [2.05, 4.69) is 20.4 Å². The van der Waals surface area contributed by atoms with E-state index in [1.807, 2.05) is 26.0 Å².